The second-order valence-electron chi connectivity index (χ2n) is 5.73. The molecule has 4 rings (SSSR count). The van der Waals surface area contributed by atoms with Gasteiger partial charge < -0.3 is 0 Å². The third-order valence-electron chi connectivity index (χ3n) is 4.15. The topological polar surface area (TPSA) is 37.4 Å². The summed E-state index contributed by atoms with van der Waals surface area (Å²) in [5, 5.41) is 0. The van der Waals surface area contributed by atoms with E-state index >= 15 is 0 Å². The van der Waals surface area contributed by atoms with E-state index in [1.54, 1.807) is 18.2 Å². The molecule has 26 heavy (non-hydrogen) atoms. The van der Waals surface area contributed by atoms with E-state index < -0.39 is 23.6 Å². The van der Waals surface area contributed by atoms with E-state index in [9.17, 15) is 22.8 Å². The Morgan fingerprint density at radius 3 is 2.15 bits per heavy atom. The molecule has 1 aliphatic rings. The van der Waals surface area contributed by atoms with Gasteiger partial charge >= 0.3 is 152 Å². The maximum absolute atomic E-state index is 12.7. The van der Waals surface area contributed by atoms with Crippen molar-refractivity contribution in [3.63, 3.8) is 0 Å². The standard InChI is InChI=1S/C19H10F3NO2Se/c20-19(21,22)12-4-6-13(7-5-12)23-17(24)14-8-3-11(10-15(14)18(23)25)16-2-1-9-26-16/h1-10H. The Hall–Kier alpha value is -2.63. The van der Waals surface area contributed by atoms with Crippen LogP contribution >= 0.6 is 0 Å². The summed E-state index contributed by atoms with van der Waals surface area (Å²) in [7, 11) is 0. The molecule has 0 atom stereocenters. The Balaban J connectivity index is 1.71. The molecule has 0 bridgehead atoms. The zero-order valence-electron chi connectivity index (χ0n) is 13.1. The van der Waals surface area contributed by atoms with Gasteiger partial charge in [-0.2, -0.15) is 0 Å². The van der Waals surface area contributed by atoms with Crippen molar-refractivity contribution in [2.45, 2.75) is 6.18 Å². The first-order valence-electron chi connectivity index (χ1n) is 7.60. The average Bonchev–Trinajstić information content (AvgIpc) is 3.22. The summed E-state index contributed by atoms with van der Waals surface area (Å²) in [6.07, 6.45) is -4.47. The second-order valence-corrected chi connectivity index (χ2v) is 7.72. The number of halogens is 3. The molecular weight excluding hydrogens is 410 g/mol. The van der Waals surface area contributed by atoms with Crippen molar-refractivity contribution in [2.75, 3.05) is 4.90 Å². The van der Waals surface area contributed by atoms with Crippen LogP contribution in [0.15, 0.2) is 59.5 Å². The van der Waals surface area contributed by atoms with E-state index in [-0.39, 0.29) is 31.3 Å². The molecule has 0 spiro atoms. The molecule has 0 saturated carbocycles. The first kappa shape index (κ1) is 16.8. The summed E-state index contributed by atoms with van der Waals surface area (Å²) in [5.74, 6) is -1.05. The van der Waals surface area contributed by atoms with Gasteiger partial charge in [0.25, 0.3) is 0 Å². The van der Waals surface area contributed by atoms with Crippen molar-refractivity contribution in [3.05, 3.63) is 76.2 Å². The first-order chi connectivity index (χ1) is 12.4. The van der Waals surface area contributed by atoms with Crippen molar-refractivity contribution in [1.82, 2.24) is 0 Å². The monoisotopic (exact) mass is 421 g/mol. The van der Waals surface area contributed by atoms with Gasteiger partial charge in [0, 0.05) is 0 Å². The van der Waals surface area contributed by atoms with Crippen LogP contribution in [0.1, 0.15) is 26.3 Å². The quantitative estimate of drug-likeness (QED) is 0.460. The Kier molecular flexibility index (Phi) is 3.86. The van der Waals surface area contributed by atoms with E-state index in [1.165, 1.54) is 0 Å². The number of benzene rings is 2. The fourth-order valence-electron chi connectivity index (χ4n) is 2.87. The predicted molar refractivity (Wildman–Crippen MR) is 91.4 cm³/mol. The number of rotatable bonds is 2. The molecule has 1 aromatic heterocycles. The zero-order valence-corrected chi connectivity index (χ0v) is 14.8. The van der Waals surface area contributed by atoms with E-state index in [0.717, 1.165) is 39.2 Å². The third-order valence-corrected chi connectivity index (χ3v) is 6.07. The molecule has 2 aromatic carbocycles. The van der Waals surface area contributed by atoms with Gasteiger partial charge in [-0.3, -0.25) is 0 Å². The van der Waals surface area contributed by atoms with Gasteiger partial charge in [-0.25, -0.2) is 0 Å². The Morgan fingerprint density at radius 1 is 0.846 bits per heavy atom. The van der Waals surface area contributed by atoms with Gasteiger partial charge in [-0.15, -0.1) is 0 Å². The zero-order chi connectivity index (χ0) is 18.5. The van der Waals surface area contributed by atoms with Crippen LogP contribution in [0.25, 0.3) is 10.0 Å². The van der Waals surface area contributed by atoms with Crippen LogP contribution in [-0.2, 0) is 6.18 Å². The van der Waals surface area contributed by atoms with Crippen LogP contribution in [0, 0.1) is 0 Å². The number of carbonyl (C=O) groups is 2. The van der Waals surface area contributed by atoms with E-state index in [0.29, 0.717) is 0 Å². The number of amides is 2. The number of imide groups is 1. The minimum absolute atomic E-state index is 0.122. The number of alkyl halides is 3. The molecule has 2 amide bonds. The van der Waals surface area contributed by atoms with Crippen molar-refractivity contribution >= 4 is 32.0 Å². The maximum atomic E-state index is 12.7. The normalized spacial score (nSPS) is 14.0. The fraction of sp³-hybridized carbons (Fsp3) is 0.0526. The first-order valence-corrected chi connectivity index (χ1v) is 9.45. The van der Waals surface area contributed by atoms with E-state index in [4.69, 9.17) is 0 Å². The van der Waals surface area contributed by atoms with Gasteiger partial charge in [-0.1, -0.05) is 0 Å². The Labute approximate surface area is 152 Å². The van der Waals surface area contributed by atoms with Gasteiger partial charge in [0.1, 0.15) is 0 Å². The molecule has 130 valence electrons. The minimum atomic E-state index is -4.47. The molecular formula is C19H10F3NO2Se. The number of nitrogens with zero attached hydrogens (tertiary/aromatic N) is 1. The third kappa shape index (κ3) is 2.69. The Morgan fingerprint density at radius 2 is 1.54 bits per heavy atom. The molecule has 0 aliphatic carbocycles. The molecule has 3 aromatic rings. The molecule has 0 unspecified atom stereocenters. The number of hydrogen-bond donors (Lipinski definition) is 0. The molecule has 7 heteroatoms. The van der Waals surface area contributed by atoms with Crippen LogP contribution in [-0.4, -0.2) is 26.3 Å². The fourth-order valence-corrected chi connectivity index (χ4v) is 4.39. The van der Waals surface area contributed by atoms with Gasteiger partial charge in [0.15, 0.2) is 0 Å². The van der Waals surface area contributed by atoms with Crippen LogP contribution in [0.5, 0.6) is 0 Å². The summed E-state index contributed by atoms with van der Waals surface area (Å²) in [4.78, 5) is 28.3. The van der Waals surface area contributed by atoms with Crippen LogP contribution in [0.2, 0.25) is 0 Å². The van der Waals surface area contributed by atoms with Crippen LogP contribution < -0.4 is 4.90 Å². The SMILES string of the molecule is O=C1c2ccc(-c3ccc[se]3)cc2C(=O)N1c1ccc(C(F)(F)F)cc1. The van der Waals surface area contributed by atoms with Crippen LogP contribution in [0.4, 0.5) is 18.9 Å². The van der Waals surface area contributed by atoms with Crippen LogP contribution in [0.3, 0.4) is 0 Å². The van der Waals surface area contributed by atoms with Crippen molar-refractivity contribution in [2.24, 2.45) is 0 Å². The number of fused-ring (bicyclic) bond motifs is 1. The van der Waals surface area contributed by atoms with Gasteiger partial charge in [0.2, 0.25) is 0 Å². The number of carbonyl (C=O) groups excluding carboxylic acids is 2. The summed E-state index contributed by atoms with van der Waals surface area (Å²) < 4.78 is 39.2. The summed E-state index contributed by atoms with van der Waals surface area (Å²) in [6, 6.07) is 13.0. The molecule has 0 saturated heterocycles. The summed E-state index contributed by atoms with van der Waals surface area (Å²) >= 11 is 0.188. The molecule has 2 heterocycles. The number of hydrogen-bond acceptors (Lipinski definition) is 2. The Bertz CT molecular complexity index is 1010. The van der Waals surface area contributed by atoms with Gasteiger partial charge in [-0.05, 0) is 0 Å². The molecule has 3 nitrogen and oxygen atoms in total. The second kappa shape index (κ2) is 5.97. The van der Waals surface area contributed by atoms with E-state index in [2.05, 4.69) is 4.94 Å². The van der Waals surface area contributed by atoms with Crippen molar-refractivity contribution < 1.29 is 22.8 Å². The molecule has 1 aliphatic heterocycles. The van der Waals surface area contributed by atoms with Gasteiger partial charge in [0.05, 0.1) is 0 Å². The average molecular weight is 420 g/mol. The van der Waals surface area contributed by atoms with Crippen molar-refractivity contribution in [3.8, 4) is 10.0 Å². The summed E-state index contributed by atoms with van der Waals surface area (Å²) in [5.41, 5.74) is 0.706. The predicted octanol–water partition coefficient (Wildman–Crippen LogP) is 4.23. The molecule has 0 radical (unpaired) electrons. The molecule has 0 fully saturated rings. The molecule has 0 N–H and O–H groups in total. The summed E-state index contributed by atoms with van der Waals surface area (Å²) in [6.45, 7) is 0. The van der Waals surface area contributed by atoms with E-state index in [1.807, 2.05) is 12.1 Å². The van der Waals surface area contributed by atoms with Crippen molar-refractivity contribution in [1.29, 1.82) is 0 Å². The number of anilines is 1.